The number of likely N-dealkylation sites (N-methyl/N-ethyl adjacent to an activating group) is 1. The summed E-state index contributed by atoms with van der Waals surface area (Å²) in [7, 11) is 1.96. The van der Waals surface area contributed by atoms with Gasteiger partial charge in [-0.3, -0.25) is 4.79 Å². The highest BCUT2D eigenvalue weighted by atomic mass is 19.1. The molecule has 25 heavy (non-hydrogen) atoms. The molecule has 3 rings (SSSR count). The smallest absolute Gasteiger partial charge is 0.275 e. The van der Waals surface area contributed by atoms with Crippen molar-refractivity contribution in [3.8, 4) is 0 Å². The van der Waals surface area contributed by atoms with E-state index in [0.717, 1.165) is 22.4 Å². The number of para-hydroxylation sites is 1. The lowest BCUT2D eigenvalue weighted by atomic mass is 10.1. The fraction of sp³-hybridized carbons (Fsp3) is 0.250. The lowest BCUT2D eigenvalue weighted by molar-refractivity contribution is -0.885. The first-order chi connectivity index (χ1) is 12.1. The van der Waals surface area contributed by atoms with Crippen molar-refractivity contribution < 1.29 is 14.1 Å². The van der Waals surface area contributed by atoms with Crippen LogP contribution in [0.15, 0.2) is 54.7 Å². The van der Waals surface area contributed by atoms with Crippen LogP contribution in [0.3, 0.4) is 0 Å². The quantitative estimate of drug-likeness (QED) is 0.602. The molecule has 0 spiro atoms. The van der Waals surface area contributed by atoms with Crippen molar-refractivity contribution in [1.29, 1.82) is 0 Å². The maximum atomic E-state index is 12.9. The number of rotatable bonds is 7. The van der Waals surface area contributed by atoms with Gasteiger partial charge in [-0.2, -0.15) is 0 Å². The number of carbonyl (C=O) groups is 1. The molecular weight excluding hydrogens is 317 g/mol. The summed E-state index contributed by atoms with van der Waals surface area (Å²) in [6.07, 6.45) is 2.80. The molecule has 0 aliphatic carbocycles. The maximum absolute atomic E-state index is 12.9. The first-order valence-electron chi connectivity index (χ1n) is 8.49. The van der Waals surface area contributed by atoms with Crippen LogP contribution in [-0.2, 0) is 17.8 Å². The molecule has 5 heteroatoms. The molecule has 1 amide bonds. The first kappa shape index (κ1) is 17.2. The third-order valence-corrected chi connectivity index (χ3v) is 4.27. The molecule has 0 radical (unpaired) electrons. The lowest BCUT2D eigenvalue weighted by Gasteiger charge is -2.14. The van der Waals surface area contributed by atoms with E-state index in [0.29, 0.717) is 19.6 Å². The zero-order valence-electron chi connectivity index (χ0n) is 14.3. The summed E-state index contributed by atoms with van der Waals surface area (Å²) in [5, 5.41) is 4.18. The summed E-state index contributed by atoms with van der Waals surface area (Å²) < 4.78 is 12.9. The standard InChI is InChI=1S/C20H22FN3O/c1-24(13-15-6-8-17(21)9-7-15)14-20(25)22-11-10-16-12-23-19-5-3-2-4-18(16)19/h2-9,12,23H,10-11,13-14H2,1H3,(H,22,25)/p+1. The van der Waals surface area contributed by atoms with Gasteiger partial charge in [-0.15, -0.1) is 0 Å². The number of hydrogen-bond donors (Lipinski definition) is 3. The number of quaternary nitrogens is 1. The maximum Gasteiger partial charge on any atom is 0.275 e. The van der Waals surface area contributed by atoms with Gasteiger partial charge in [0.2, 0.25) is 0 Å². The molecule has 1 atom stereocenters. The van der Waals surface area contributed by atoms with Crippen molar-refractivity contribution in [1.82, 2.24) is 10.3 Å². The Morgan fingerprint density at radius 1 is 1.16 bits per heavy atom. The van der Waals surface area contributed by atoms with Crippen LogP contribution in [0.5, 0.6) is 0 Å². The molecule has 1 unspecified atom stereocenters. The molecule has 1 heterocycles. The van der Waals surface area contributed by atoms with Gasteiger partial charge < -0.3 is 15.2 Å². The fourth-order valence-electron chi connectivity index (χ4n) is 3.02. The molecule has 2 aromatic carbocycles. The van der Waals surface area contributed by atoms with Crippen molar-refractivity contribution in [3.05, 3.63) is 71.7 Å². The number of benzene rings is 2. The molecule has 0 fully saturated rings. The van der Waals surface area contributed by atoms with Gasteiger partial charge >= 0.3 is 0 Å². The van der Waals surface area contributed by atoms with E-state index in [2.05, 4.69) is 16.4 Å². The van der Waals surface area contributed by atoms with E-state index in [4.69, 9.17) is 0 Å². The van der Waals surface area contributed by atoms with Gasteiger partial charge in [0.05, 0.1) is 7.05 Å². The van der Waals surface area contributed by atoms with Gasteiger partial charge in [0.15, 0.2) is 6.54 Å². The summed E-state index contributed by atoms with van der Waals surface area (Å²) in [4.78, 5) is 16.4. The van der Waals surface area contributed by atoms with Crippen LogP contribution in [0.25, 0.3) is 10.9 Å². The topological polar surface area (TPSA) is 49.3 Å². The average Bonchev–Trinajstić information content (AvgIpc) is 3.00. The van der Waals surface area contributed by atoms with Gasteiger partial charge in [0.1, 0.15) is 12.4 Å². The average molecular weight is 340 g/mol. The number of halogens is 1. The number of hydrogen-bond acceptors (Lipinski definition) is 1. The normalized spacial score (nSPS) is 12.2. The molecule has 3 aromatic rings. The number of amides is 1. The monoisotopic (exact) mass is 340 g/mol. The number of H-pyrrole nitrogens is 1. The van der Waals surface area contributed by atoms with Crippen LogP contribution in [0.2, 0.25) is 0 Å². The Bertz CT molecular complexity index is 842. The van der Waals surface area contributed by atoms with Gasteiger partial charge in [-0.05, 0) is 30.2 Å². The van der Waals surface area contributed by atoms with Crippen LogP contribution in [-0.4, -0.2) is 31.0 Å². The molecule has 0 saturated carbocycles. The molecule has 3 N–H and O–H groups in total. The van der Waals surface area contributed by atoms with Crippen molar-refractivity contribution in [3.63, 3.8) is 0 Å². The Kier molecular flexibility index (Phi) is 5.46. The van der Waals surface area contributed by atoms with Crippen molar-refractivity contribution in [2.45, 2.75) is 13.0 Å². The van der Waals surface area contributed by atoms with Gasteiger partial charge in [-0.25, -0.2) is 4.39 Å². The highest BCUT2D eigenvalue weighted by Gasteiger charge is 2.11. The highest BCUT2D eigenvalue weighted by molar-refractivity contribution is 5.83. The second kappa shape index (κ2) is 7.94. The summed E-state index contributed by atoms with van der Waals surface area (Å²) in [5.74, 6) is -0.212. The molecule has 130 valence electrons. The van der Waals surface area contributed by atoms with Crippen molar-refractivity contribution in [2.75, 3.05) is 20.1 Å². The molecule has 0 saturated heterocycles. The minimum absolute atomic E-state index is 0.0273. The molecule has 4 nitrogen and oxygen atoms in total. The molecule has 0 aliphatic rings. The summed E-state index contributed by atoms with van der Waals surface area (Å²) in [6.45, 7) is 1.70. The zero-order valence-corrected chi connectivity index (χ0v) is 14.3. The SMILES string of the molecule is C[NH+](CC(=O)NCCc1c[nH]c2ccccc12)Cc1ccc(F)cc1. The van der Waals surface area contributed by atoms with E-state index in [-0.39, 0.29) is 11.7 Å². The highest BCUT2D eigenvalue weighted by Crippen LogP contribution is 2.17. The fourth-order valence-corrected chi connectivity index (χ4v) is 3.02. The Hall–Kier alpha value is -2.66. The second-order valence-corrected chi connectivity index (χ2v) is 6.40. The molecule has 0 aliphatic heterocycles. The minimum atomic E-state index is -0.239. The number of nitrogens with one attached hydrogen (secondary N) is 3. The van der Waals surface area contributed by atoms with E-state index in [1.54, 1.807) is 12.1 Å². The minimum Gasteiger partial charge on any atom is -0.361 e. The molecule has 1 aromatic heterocycles. The number of fused-ring (bicyclic) bond motifs is 1. The Balaban J connectivity index is 1.44. The van der Waals surface area contributed by atoms with E-state index < -0.39 is 0 Å². The zero-order chi connectivity index (χ0) is 17.6. The van der Waals surface area contributed by atoms with E-state index in [1.807, 2.05) is 31.4 Å². The van der Waals surface area contributed by atoms with Crippen molar-refractivity contribution >= 4 is 16.8 Å². The largest absolute Gasteiger partial charge is 0.361 e. The number of aromatic nitrogens is 1. The first-order valence-corrected chi connectivity index (χ1v) is 8.49. The third-order valence-electron chi connectivity index (χ3n) is 4.27. The lowest BCUT2D eigenvalue weighted by Crippen LogP contribution is -3.08. The summed E-state index contributed by atoms with van der Waals surface area (Å²) >= 11 is 0. The van der Waals surface area contributed by atoms with E-state index in [9.17, 15) is 9.18 Å². The number of carbonyl (C=O) groups excluding carboxylic acids is 1. The Morgan fingerprint density at radius 3 is 2.72 bits per heavy atom. The van der Waals surface area contributed by atoms with E-state index in [1.165, 1.54) is 23.1 Å². The van der Waals surface area contributed by atoms with Crippen LogP contribution in [0, 0.1) is 5.82 Å². The Morgan fingerprint density at radius 2 is 1.92 bits per heavy atom. The molecular formula is C20H23FN3O+. The Labute approximate surface area is 146 Å². The van der Waals surface area contributed by atoms with Gasteiger partial charge in [-0.1, -0.05) is 30.3 Å². The predicted molar refractivity (Wildman–Crippen MR) is 96.9 cm³/mol. The second-order valence-electron chi connectivity index (χ2n) is 6.40. The van der Waals surface area contributed by atoms with Gasteiger partial charge in [0, 0.05) is 29.2 Å². The van der Waals surface area contributed by atoms with Crippen LogP contribution in [0.4, 0.5) is 4.39 Å². The van der Waals surface area contributed by atoms with Crippen LogP contribution < -0.4 is 10.2 Å². The van der Waals surface area contributed by atoms with Crippen molar-refractivity contribution in [2.24, 2.45) is 0 Å². The number of aromatic amines is 1. The third kappa shape index (κ3) is 4.67. The summed E-state index contributed by atoms with van der Waals surface area (Å²) in [6, 6.07) is 14.6. The van der Waals surface area contributed by atoms with Crippen LogP contribution in [0.1, 0.15) is 11.1 Å². The van der Waals surface area contributed by atoms with Crippen LogP contribution >= 0.6 is 0 Å². The summed E-state index contributed by atoms with van der Waals surface area (Å²) in [5.41, 5.74) is 3.35. The van der Waals surface area contributed by atoms with Gasteiger partial charge in [0.25, 0.3) is 5.91 Å². The van der Waals surface area contributed by atoms with E-state index >= 15 is 0 Å². The molecule has 0 bridgehead atoms. The predicted octanol–water partition coefficient (Wildman–Crippen LogP) is 1.68.